The number of hydrogen-bond donors (Lipinski definition) is 1. The fourth-order valence-electron chi connectivity index (χ4n) is 3.39. The molecular formula is C26H26N2O6. The van der Waals surface area contributed by atoms with Crippen LogP contribution in [0.4, 0.5) is 0 Å². The predicted molar refractivity (Wildman–Crippen MR) is 126 cm³/mol. The third kappa shape index (κ3) is 5.78. The molecule has 0 saturated heterocycles. The minimum Gasteiger partial charge on any atom is -0.493 e. The van der Waals surface area contributed by atoms with Gasteiger partial charge in [0.1, 0.15) is 19.8 Å². The van der Waals surface area contributed by atoms with Gasteiger partial charge < -0.3 is 29.0 Å². The Bertz CT molecular complexity index is 1150. The molecule has 1 aliphatic rings. The van der Waals surface area contributed by atoms with Gasteiger partial charge in [-0.3, -0.25) is 9.78 Å². The van der Waals surface area contributed by atoms with Crippen molar-refractivity contribution in [1.82, 2.24) is 10.3 Å². The molecule has 1 aliphatic heterocycles. The largest absolute Gasteiger partial charge is 0.493 e. The van der Waals surface area contributed by atoms with Gasteiger partial charge in [0.05, 0.1) is 14.2 Å². The molecule has 8 nitrogen and oxygen atoms in total. The van der Waals surface area contributed by atoms with Crippen molar-refractivity contribution in [2.75, 3.05) is 27.4 Å². The van der Waals surface area contributed by atoms with Crippen LogP contribution >= 0.6 is 0 Å². The lowest BCUT2D eigenvalue weighted by Gasteiger charge is -2.20. The fraction of sp³-hybridized carbons (Fsp3) is 0.231. The lowest BCUT2D eigenvalue weighted by Crippen LogP contribution is -2.20. The Morgan fingerprint density at radius 3 is 2.56 bits per heavy atom. The average molecular weight is 463 g/mol. The summed E-state index contributed by atoms with van der Waals surface area (Å²) < 4.78 is 27.9. The molecule has 2 heterocycles. The van der Waals surface area contributed by atoms with E-state index in [2.05, 4.69) is 10.3 Å². The molecule has 0 radical (unpaired) electrons. The smallest absolute Gasteiger partial charge is 0.244 e. The van der Waals surface area contributed by atoms with E-state index in [9.17, 15) is 4.79 Å². The Labute approximate surface area is 198 Å². The second-order valence-electron chi connectivity index (χ2n) is 7.43. The van der Waals surface area contributed by atoms with Crippen molar-refractivity contribution in [3.05, 3.63) is 77.6 Å². The molecule has 176 valence electrons. The number of carbonyl (C=O) groups excluding carboxylic acids is 1. The van der Waals surface area contributed by atoms with Gasteiger partial charge in [-0.1, -0.05) is 6.07 Å². The number of methoxy groups -OCH3 is 2. The van der Waals surface area contributed by atoms with E-state index in [0.29, 0.717) is 55.1 Å². The third-order valence-corrected chi connectivity index (χ3v) is 5.12. The molecule has 0 saturated carbocycles. The molecule has 34 heavy (non-hydrogen) atoms. The van der Waals surface area contributed by atoms with Crippen LogP contribution < -0.4 is 29.0 Å². The molecule has 8 heteroatoms. The molecule has 0 spiro atoms. The van der Waals surface area contributed by atoms with Gasteiger partial charge in [0.15, 0.2) is 23.0 Å². The van der Waals surface area contributed by atoms with Crippen molar-refractivity contribution in [1.29, 1.82) is 0 Å². The number of carbonyl (C=O) groups is 1. The number of rotatable bonds is 9. The van der Waals surface area contributed by atoms with Crippen LogP contribution in [-0.4, -0.2) is 38.3 Å². The first-order chi connectivity index (χ1) is 16.7. The second kappa shape index (κ2) is 11.1. The number of hydrogen-bond acceptors (Lipinski definition) is 7. The summed E-state index contributed by atoms with van der Waals surface area (Å²) in [5, 5.41) is 2.87. The summed E-state index contributed by atoms with van der Waals surface area (Å²) in [5.74, 6) is 2.74. The predicted octanol–water partition coefficient (Wildman–Crippen LogP) is 3.78. The van der Waals surface area contributed by atoms with Crippen molar-refractivity contribution in [2.24, 2.45) is 0 Å². The lowest BCUT2D eigenvalue weighted by atomic mass is 10.1. The summed E-state index contributed by atoms with van der Waals surface area (Å²) >= 11 is 0. The molecule has 1 N–H and O–H groups in total. The van der Waals surface area contributed by atoms with Crippen LogP contribution in [0.15, 0.2) is 60.9 Å². The maximum Gasteiger partial charge on any atom is 0.244 e. The molecule has 4 rings (SSSR count). The van der Waals surface area contributed by atoms with Crippen LogP contribution in [0.25, 0.3) is 6.08 Å². The van der Waals surface area contributed by atoms with E-state index in [4.69, 9.17) is 23.7 Å². The number of nitrogens with zero attached hydrogens (tertiary/aromatic N) is 1. The molecule has 0 aliphatic carbocycles. The van der Waals surface area contributed by atoms with Gasteiger partial charge in [-0.2, -0.15) is 0 Å². The molecule has 0 unspecified atom stereocenters. The van der Waals surface area contributed by atoms with E-state index >= 15 is 0 Å². The molecular weight excluding hydrogens is 436 g/mol. The molecule has 0 bridgehead atoms. The van der Waals surface area contributed by atoms with Crippen LogP contribution in [0, 0.1) is 0 Å². The number of pyridine rings is 1. The third-order valence-electron chi connectivity index (χ3n) is 5.12. The summed E-state index contributed by atoms with van der Waals surface area (Å²) in [4.78, 5) is 16.4. The zero-order chi connectivity index (χ0) is 23.8. The van der Waals surface area contributed by atoms with Crippen molar-refractivity contribution >= 4 is 12.0 Å². The zero-order valence-electron chi connectivity index (χ0n) is 19.1. The maximum atomic E-state index is 12.4. The molecule has 3 aromatic rings. The van der Waals surface area contributed by atoms with Crippen LogP contribution in [0.2, 0.25) is 0 Å². The van der Waals surface area contributed by atoms with Crippen LogP contribution in [0.5, 0.6) is 28.7 Å². The first-order valence-electron chi connectivity index (χ1n) is 10.8. The molecule has 2 aromatic carbocycles. The second-order valence-corrected chi connectivity index (χ2v) is 7.43. The summed E-state index contributed by atoms with van der Waals surface area (Å²) in [6.07, 6.45) is 6.61. The molecule has 1 amide bonds. The van der Waals surface area contributed by atoms with Crippen molar-refractivity contribution in [2.45, 2.75) is 13.2 Å². The number of fused-ring (bicyclic) bond motifs is 1. The van der Waals surface area contributed by atoms with Gasteiger partial charge in [0, 0.05) is 25.0 Å². The molecule has 0 fully saturated rings. The number of nitrogens with one attached hydrogen (secondary N) is 1. The van der Waals surface area contributed by atoms with E-state index in [1.54, 1.807) is 38.8 Å². The first-order valence-corrected chi connectivity index (χ1v) is 10.8. The molecule has 0 atom stereocenters. The van der Waals surface area contributed by atoms with E-state index in [-0.39, 0.29) is 5.91 Å². The Morgan fingerprint density at radius 1 is 0.971 bits per heavy atom. The monoisotopic (exact) mass is 462 g/mol. The van der Waals surface area contributed by atoms with E-state index in [1.807, 2.05) is 36.4 Å². The Kier molecular flexibility index (Phi) is 7.49. The summed E-state index contributed by atoms with van der Waals surface area (Å²) in [6.45, 7) is 1.70. The maximum absolute atomic E-state index is 12.4. The highest BCUT2D eigenvalue weighted by Gasteiger charge is 2.17. The van der Waals surface area contributed by atoms with Gasteiger partial charge in [0.2, 0.25) is 11.7 Å². The number of amides is 1. The average Bonchev–Trinajstić information content (AvgIpc) is 2.89. The van der Waals surface area contributed by atoms with Gasteiger partial charge in [-0.05, 0) is 59.2 Å². The number of ether oxygens (including phenoxy) is 5. The first kappa shape index (κ1) is 23.0. The normalized spacial score (nSPS) is 12.3. The van der Waals surface area contributed by atoms with Gasteiger partial charge >= 0.3 is 0 Å². The summed E-state index contributed by atoms with van der Waals surface area (Å²) in [7, 11) is 3.15. The van der Waals surface area contributed by atoms with Crippen LogP contribution in [-0.2, 0) is 17.9 Å². The highest BCUT2D eigenvalue weighted by Crippen LogP contribution is 2.40. The standard InChI is InChI=1S/C26H26N2O6/c1-30-22-15-20(3-5-21(22)34-17-18-7-9-27-10-8-18)16-28-25(29)6-4-19-13-23(31-2)26-24(14-19)32-11-12-33-26/h3-10,13-15H,11-12,16-17H2,1-2H3,(H,28,29). The lowest BCUT2D eigenvalue weighted by molar-refractivity contribution is -0.116. The Hall–Kier alpha value is -4.20. The van der Waals surface area contributed by atoms with Crippen LogP contribution in [0.1, 0.15) is 16.7 Å². The zero-order valence-corrected chi connectivity index (χ0v) is 19.1. The van der Waals surface area contributed by atoms with Crippen molar-refractivity contribution in [3.8, 4) is 28.7 Å². The SMILES string of the molecule is COc1cc(CNC(=O)C=Cc2cc(OC)c3c(c2)OCCO3)ccc1OCc1ccncc1. The topological polar surface area (TPSA) is 88.1 Å². The van der Waals surface area contributed by atoms with E-state index in [1.165, 1.54) is 6.08 Å². The minimum atomic E-state index is -0.231. The van der Waals surface area contributed by atoms with Gasteiger partial charge in [-0.15, -0.1) is 0 Å². The quantitative estimate of drug-likeness (QED) is 0.484. The number of benzene rings is 2. The Morgan fingerprint density at radius 2 is 1.76 bits per heavy atom. The number of aromatic nitrogens is 1. The van der Waals surface area contributed by atoms with E-state index < -0.39 is 0 Å². The summed E-state index contributed by atoms with van der Waals surface area (Å²) in [5.41, 5.74) is 2.67. The van der Waals surface area contributed by atoms with Gasteiger partial charge in [0.25, 0.3) is 0 Å². The van der Waals surface area contributed by atoms with Crippen molar-refractivity contribution < 1.29 is 28.5 Å². The van der Waals surface area contributed by atoms with Crippen LogP contribution in [0.3, 0.4) is 0 Å². The fourth-order valence-corrected chi connectivity index (χ4v) is 3.39. The summed E-state index contributed by atoms with van der Waals surface area (Å²) in [6, 6.07) is 13.0. The Balaban J connectivity index is 1.35. The minimum absolute atomic E-state index is 0.231. The highest BCUT2D eigenvalue weighted by atomic mass is 16.6. The van der Waals surface area contributed by atoms with Crippen molar-refractivity contribution in [3.63, 3.8) is 0 Å². The molecule has 1 aromatic heterocycles. The highest BCUT2D eigenvalue weighted by molar-refractivity contribution is 5.91. The van der Waals surface area contributed by atoms with E-state index in [0.717, 1.165) is 16.7 Å². The van der Waals surface area contributed by atoms with Gasteiger partial charge in [-0.25, -0.2) is 0 Å².